The lowest BCUT2D eigenvalue weighted by atomic mass is 10.3. The van der Waals surface area contributed by atoms with E-state index in [-0.39, 0.29) is 0 Å². The third kappa shape index (κ3) is 2.91. The molecule has 17 heavy (non-hydrogen) atoms. The Labute approximate surface area is 121 Å². The molecule has 0 bridgehead atoms. The molecule has 1 heterocycles. The SMILES string of the molecule is CNCc1cn(-c2c(Br)cc(Cl)cc2Br)cn1. The van der Waals surface area contributed by atoms with Crippen LogP contribution in [0.5, 0.6) is 0 Å². The van der Waals surface area contributed by atoms with Crippen molar-refractivity contribution >= 4 is 43.5 Å². The van der Waals surface area contributed by atoms with Crippen LogP contribution < -0.4 is 5.32 Å². The van der Waals surface area contributed by atoms with Crippen molar-refractivity contribution in [2.45, 2.75) is 6.54 Å². The van der Waals surface area contributed by atoms with Gasteiger partial charge in [0.05, 0.1) is 17.7 Å². The molecule has 0 aliphatic carbocycles. The summed E-state index contributed by atoms with van der Waals surface area (Å²) in [6, 6.07) is 3.72. The monoisotopic (exact) mass is 377 g/mol. The van der Waals surface area contributed by atoms with Gasteiger partial charge in [-0.05, 0) is 51.0 Å². The Morgan fingerprint density at radius 2 is 2.00 bits per heavy atom. The topological polar surface area (TPSA) is 29.9 Å². The van der Waals surface area contributed by atoms with Gasteiger partial charge in [-0.1, -0.05) is 11.6 Å². The molecule has 2 rings (SSSR count). The zero-order valence-electron chi connectivity index (χ0n) is 9.04. The summed E-state index contributed by atoms with van der Waals surface area (Å²) in [6.07, 6.45) is 3.76. The fraction of sp³-hybridized carbons (Fsp3) is 0.182. The van der Waals surface area contributed by atoms with Crippen molar-refractivity contribution in [2.75, 3.05) is 7.05 Å². The van der Waals surface area contributed by atoms with Crippen molar-refractivity contribution in [1.29, 1.82) is 0 Å². The van der Waals surface area contributed by atoms with Crippen molar-refractivity contribution in [2.24, 2.45) is 0 Å². The lowest BCUT2D eigenvalue weighted by molar-refractivity contribution is 0.796. The molecule has 0 unspecified atom stereocenters. The first-order valence-electron chi connectivity index (χ1n) is 4.94. The number of nitrogens with zero attached hydrogens (tertiary/aromatic N) is 2. The molecule has 90 valence electrons. The Balaban J connectivity index is 2.45. The van der Waals surface area contributed by atoms with Gasteiger partial charge in [-0.2, -0.15) is 0 Å². The van der Waals surface area contributed by atoms with E-state index in [4.69, 9.17) is 11.6 Å². The van der Waals surface area contributed by atoms with Gasteiger partial charge in [0.25, 0.3) is 0 Å². The molecule has 0 spiro atoms. The Bertz CT molecular complexity index is 516. The highest BCUT2D eigenvalue weighted by Gasteiger charge is 2.09. The summed E-state index contributed by atoms with van der Waals surface area (Å²) in [6.45, 7) is 0.746. The average molecular weight is 379 g/mol. The molecule has 0 amide bonds. The van der Waals surface area contributed by atoms with Gasteiger partial charge in [-0.25, -0.2) is 4.98 Å². The first-order chi connectivity index (χ1) is 8.11. The summed E-state index contributed by atoms with van der Waals surface area (Å²) in [5, 5.41) is 3.75. The van der Waals surface area contributed by atoms with E-state index < -0.39 is 0 Å². The number of hydrogen-bond donors (Lipinski definition) is 1. The van der Waals surface area contributed by atoms with Gasteiger partial charge in [0, 0.05) is 26.7 Å². The molecule has 1 aromatic carbocycles. The molecule has 0 fully saturated rings. The van der Waals surface area contributed by atoms with E-state index in [2.05, 4.69) is 42.2 Å². The first kappa shape index (κ1) is 13.1. The summed E-state index contributed by atoms with van der Waals surface area (Å²) in [4.78, 5) is 4.31. The zero-order valence-corrected chi connectivity index (χ0v) is 13.0. The maximum absolute atomic E-state index is 5.97. The molecule has 3 nitrogen and oxygen atoms in total. The second kappa shape index (κ2) is 5.52. The van der Waals surface area contributed by atoms with Crippen LogP contribution in [0, 0.1) is 0 Å². The van der Waals surface area contributed by atoms with Crippen LogP contribution in [0.15, 0.2) is 33.6 Å². The van der Waals surface area contributed by atoms with Gasteiger partial charge in [-0.15, -0.1) is 0 Å². The van der Waals surface area contributed by atoms with E-state index in [1.54, 1.807) is 6.33 Å². The van der Waals surface area contributed by atoms with Crippen LogP contribution in [0.3, 0.4) is 0 Å². The second-order valence-corrected chi connectivity index (χ2v) is 5.67. The van der Waals surface area contributed by atoms with Gasteiger partial charge in [-0.3, -0.25) is 0 Å². The number of aromatic nitrogens is 2. The fourth-order valence-electron chi connectivity index (χ4n) is 1.54. The Hall–Kier alpha value is -0.360. The predicted molar refractivity (Wildman–Crippen MR) is 76.7 cm³/mol. The van der Waals surface area contributed by atoms with Crippen molar-refractivity contribution in [3.8, 4) is 5.69 Å². The summed E-state index contributed by atoms with van der Waals surface area (Å²) in [7, 11) is 1.90. The lowest BCUT2D eigenvalue weighted by Crippen LogP contribution is -2.05. The highest BCUT2D eigenvalue weighted by molar-refractivity contribution is 9.11. The smallest absolute Gasteiger partial charge is 0.0996 e. The van der Waals surface area contributed by atoms with Gasteiger partial charge in [0.1, 0.15) is 0 Å². The van der Waals surface area contributed by atoms with E-state index in [0.717, 1.165) is 26.9 Å². The molecule has 1 N–H and O–H groups in total. The molecular formula is C11H10Br2ClN3. The summed E-state index contributed by atoms with van der Waals surface area (Å²) >= 11 is 13.0. The molecule has 6 heteroatoms. The van der Waals surface area contributed by atoms with Crippen LogP contribution >= 0.6 is 43.5 Å². The van der Waals surface area contributed by atoms with Crippen LogP contribution in [0.2, 0.25) is 5.02 Å². The molecule has 2 aromatic rings. The number of hydrogen-bond acceptors (Lipinski definition) is 2. The quantitative estimate of drug-likeness (QED) is 0.880. The highest BCUT2D eigenvalue weighted by Crippen LogP contribution is 2.32. The number of imidazole rings is 1. The standard InChI is InChI=1S/C11H10Br2ClN3/c1-15-4-8-5-17(6-16-8)11-9(12)2-7(14)3-10(11)13/h2-3,5-6,15H,4H2,1H3. The number of nitrogens with one attached hydrogen (secondary N) is 1. The minimum Gasteiger partial charge on any atom is -0.314 e. The van der Waals surface area contributed by atoms with Crippen molar-refractivity contribution in [3.63, 3.8) is 0 Å². The van der Waals surface area contributed by atoms with E-state index in [0.29, 0.717) is 5.02 Å². The maximum Gasteiger partial charge on any atom is 0.0996 e. The molecule has 0 saturated carbocycles. The summed E-state index contributed by atoms with van der Waals surface area (Å²) in [5.41, 5.74) is 1.98. The van der Waals surface area contributed by atoms with Crippen LogP contribution in [-0.4, -0.2) is 16.6 Å². The number of rotatable bonds is 3. The molecule has 0 aliphatic heterocycles. The van der Waals surface area contributed by atoms with Crippen molar-refractivity contribution in [1.82, 2.24) is 14.9 Å². The first-order valence-corrected chi connectivity index (χ1v) is 6.90. The third-order valence-corrected chi connectivity index (χ3v) is 3.66. The van der Waals surface area contributed by atoms with E-state index in [1.807, 2.05) is 29.9 Å². The lowest BCUT2D eigenvalue weighted by Gasteiger charge is -2.08. The summed E-state index contributed by atoms with van der Waals surface area (Å²) in [5.74, 6) is 0. The Morgan fingerprint density at radius 1 is 1.35 bits per heavy atom. The Kier molecular flexibility index (Phi) is 4.25. The fourth-order valence-corrected chi connectivity index (χ4v) is 3.62. The molecule has 0 radical (unpaired) electrons. The largest absolute Gasteiger partial charge is 0.314 e. The number of halogens is 3. The van der Waals surface area contributed by atoms with Gasteiger partial charge in [0.15, 0.2) is 0 Å². The predicted octanol–water partition coefficient (Wildman–Crippen LogP) is 3.77. The van der Waals surface area contributed by atoms with Gasteiger partial charge < -0.3 is 9.88 Å². The van der Waals surface area contributed by atoms with Gasteiger partial charge >= 0.3 is 0 Å². The highest BCUT2D eigenvalue weighted by atomic mass is 79.9. The number of benzene rings is 1. The summed E-state index contributed by atoms with van der Waals surface area (Å²) < 4.78 is 3.80. The maximum atomic E-state index is 5.97. The van der Waals surface area contributed by atoms with Crippen LogP contribution in [-0.2, 0) is 6.54 Å². The average Bonchev–Trinajstić information content (AvgIpc) is 2.65. The minimum atomic E-state index is 0.683. The Morgan fingerprint density at radius 3 is 2.59 bits per heavy atom. The van der Waals surface area contributed by atoms with Crippen molar-refractivity contribution in [3.05, 3.63) is 44.3 Å². The van der Waals surface area contributed by atoms with Crippen LogP contribution in [0.25, 0.3) is 5.69 Å². The molecule has 0 atom stereocenters. The van der Waals surface area contributed by atoms with E-state index in [9.17, 15) is 0 Å². The van der Waals surface area contributed by atoms with Crippen LogP contribution in [0.4, 0.5) is 0 Å². The molecule has 0 aliphatic rings. The normalized spacial score (nSPS) is 10.8. The van der Waals surface area contributed by atoms with E-state index in [1.165, 1.54) is 0 Å². The molecule has 1 aromatic heterocycles. The van der Waals surface area contributed by atoms with Gasteiger partial charge in [0.2, 0.25) is 0 Å². The van der Waals surface area contributed by atoms with Crippen LogP contribution in [0.1, 0.15) is 5.69 Å². The molecular weight excluding hydrogens is 369 g/mol. The van der Waals surface area contributed by atoms with Crippen molar-refractivity contribution < 1.29 is 0 Å². The zero-order chi connectivity index (χ0) is 12.4. The van der Waals surface area contributed by atoms with E-state index >= 15 is 0 Å². The second-order valence-electron chi connectivity index (χ2n) is 3.52. The minimum absolute atomic E-state index is 0.683. The molecule has 0 saturated heterocycles. The third-order valence-electron chi connectivity index (χ3n) is 2.23.